The van der Waals surface area contributed by atoms with Gasteiger partial charge in [0.25, 0.3) is 0 Å². The number of rotatable bonds is 37. The molecule has 0 aromatic carbocycles. The van der Waals surface area contributed by atoms with E-state index >= 15 is 0 Å². The fraction of sp³-hybridized carbons (Fsp3) is 0.780. The number of allylic oxidation sites excluding steroid dienone is 10. The molecule has 0 spiro atoms. The van der Waals surface area contributed by atoms with Crippen LogP contribution in [-0.2, 0) is 33.2 Å². The van der Waals surface area contributed by atoms with Crippen LogP contribution in [0.15, 0.2) is 60.8 Å². The van der Waals surface area contributed by atoms with E-state index in [-0.39, 0.29) is 19.6 Å². The van der Waals surface area contributed by atoms with Crippen molar-refractivity contribution in [2.24, 2.45) is 0 Å². The molecule has 0 radical (unpaired) electrons. The molecule has 2 heterocycles. The highest BCUT2D eigenvalue weighted by atomic mass is 16.7. The monoisotopic (exact) mass is 911 g/mol. The maximum Gasteiger partial charge on any atom is 0.306 e. The zero-order chi connectivity index (χ0) is 46.6. The maximum absolute atomic E-state index is 13.0. The lowest BCUT2D eigenvalue weighted by molar-refractivity contribution is -0.332. The second-order valence-corrected chi connectivity index (χ2v) is 16.9. The summed E-state index contributed by atoms with van der Waals surface area (Å²) in [6, 6.07) is 0. The Bertz CT molecular complexity index is 1290. The number of carbonyl (C=O) groups excluding carboxylic acids is 1. The van der Waals surface area contributed by atoms with Gasteiger partial charge in [-0.25, -0.2) is 0 Å². The third kappa shape index (κ3) is 25.6. The maximum atomic E-state index is 13.0. The van der Waals surface area contributed by atoms with Crippen molar-refractivity contribution in [3.63, 3.8) is 0 Å². The average molecular weight is 911 g/mol. The first-order chi connectivity index (χ1) is 31.1. The molecule has 2 aliphatic heterocycles. The van der Waals surface area contributed by atoms with Gasteiger partial charge in [-0.15, -0.1) is 0 Å². The molecule has 0 aromatic rings. The lowest BCUT2D eigenvalue weighted by Crippen LogP contribution is -2.61. The van der Waals surface area contributed by atoms with Crippen molar-refractivity contribution in [1.29, 1.82) is 0 Å². The van der Waals surface area contributed by atoms with E-state index in [9.17, 15) is 40.5 Å². The smallest absolute Gasteiger partial charge is 0.306 e. The van der Waals surface area contributed by atoms with Gasteiger partial charge in [0, 0.05) is 13.0 Å². The van der Waals surface area contributed by atoms with Crippen LogP contribution in [0.4, 0.5) is 0 Å². The van der Waals surface area contributed by atoms with Crippen molar-refractivity contribution in [1.82, 2.24) is 0 Å². The molecule has 0 amide bonds. The van der Waals surface area contributed by atoms with Crippen LogP contribution in [0.1, 0.15) is 149 Å². The highest BCUT2D eigenvalue weighted by Gasteiger charge is 2.47. The molecule has 11 unspecified atom stereocenters. The Morgan fingerprint density at radius 1 is 0.531 bits per heavy atom. The largest absolute Gasteiger partial charge is 0.457 e. The van der Waals surface area contributed by atoms with Crippen LogP contribution in [-0.4, -0.2) is 142 Å². The molecule has 2 aliphatic rings. The standard InChI is InChI=1S/C50H86O14/c1-3-5-7-9-11-13-15-16-17-18-19-20-21-22-23-25-27-29-31-33-42(52)62-39(36-59-34-32-30-28-26-24-14-12-10-8-6-4-2)37-60-49-48(58)46(56)44(54)41(64-49)38-61-50-47(57)45(55)43(53)40(35-51)63-50/h5,7,11,13,16-17,19-20,22-23,39-41,43-51,53-58H,3-4,6,8-10,12,14-15,18,21,24-38H2,1-2H3/b7-5-,13-11-,17-16-,20-19-,23-22-. The molecule has 14 heteroatoms. The highest BCUT2D eigenvalue weighted by molar-refractivity contribution is 5.69. The first-order valence-corrected chi connectivity index (χ1v) is 24.4. The van der Waals surface area contributed by atoms with E-state index in [0.717, 1.165) is 70.6 Å². The minimum absolute atomic E-state index is 0.0468. The predicted octanol–water partition coefficient (Wildman–Crippen LogP) is 6.57. The average Bonchev–Trinajstić information content (AvgIpc) is 3.29. The molecular formula is C50H86O14. The summed E-state index contributed by atoms with van der Waals surface area (Å²) in [5.74, 6) is -0.409. The van der Waals surface area contributed by atoms with Crippen LogP contribution < -0.4 is 0 Å². The van der Waals surface area contributed by atoms with E-state index in [1.54, 1.807) is 0 Å². The molecule has 0 aliphatic carbocycles. The summed E-state index contributed by atoms with van der Waals surface area (Å²) in [5.41, 5.74) is 0. The van der Waals surface area contributed by atoms with Crippen molar-refractivity contribution in [2.45, 2.75) is 216 Å². The summed E-state index contributed by atoms with van der Waals surface area (Å²) in [5, 5.41) is 72.0. The molecule has 11 atom stereocenters. The van der Waals surface area contributed by atoms with Gasteiger partial charge in [0.2, 0.25) is 0 Å². The van der Waals surface area contributed by atoms with E-state index in [0.29, 0.717) is 13.0 Å². The van der Waals surface area contributed by atoms with Gasteiger partial charge in [0.1, 0.15) is 54.9 Å². The Morgan fingerprint density at radius 3 is 1.58 bits per heavy atom. The van der Waals surface area contributed by atoms with Crippen LogP contribution in [0.5, 0.6) is 0 Å². The Balaban J connectivity index is 1.80. The van der Waals surface area contributed by atoms with E-state index in [4.69, 9.17) is 28.4 Å². The van der Waals surface area contributed by atoms with E-state index in [1.165, 1.54) is 51.4 Å². The number of esters is 1. The Morgan fingerprint density at radius 2 is 1.02 bits per heavy atom. The third-order valence-corrected chi connectivity index (χ3v) is 11.3. The van der Waals surface area contributed by atoms with Gasteiger partial charge in [-0.2, -0.15) is 0 Å². The zero-order valence-electron chi connectivity index (χ0n) is 39.0. The van der Waals surface area contributed by atoms with Crippen LogP contribution in [0, 0.1) is 0 Å². The summed E-state index contributed by atoms with van der Waals surface area (Å²) in [6.07, 6.45) is 27.1. The third-order valence-electron chi connectivity index (χ3n) is 11.3. The minimum Gasteiger partial charge on any atom is -0.457 e. The number of hydrogen-bond donors (Lipinski definition) is 7. The zero-order valence-corrected chi connectivity index (χ0v) is 39.0. The molecule has 2 saturated heterocycles. The first-order valence-electron chi connectivity index (χ1n) is 24.4. The van der Waals surface area contributed by atoms with Crippen molar-refractivity contribution in [2.75, 3.05) is 33.0 Å². The van der Waals surface area contributed by atoms with Gasteiger partial charge >= 0.3 is 5.97 Å². The molecule has 0 saturated carbocycles. The molecule has 64 heavy (non-hydrogen) atoms. The molecular weight excluding hydrogens is 825 g/mol. The Kier molecular flexibility index (Phi) is 34.1. The fourth-order valence-corrected chi connectivity index (χ4v) is 7.31. The van der Waals surface area contributed by atoms with Crippen molar-refractivity contribution < 1.29 is 69.0 Å². The normalized spacial score (nSPS) is 27.3. The number of unbranched alkanes of at least 4 members (excludes halogenated alkanes) is 13. The first kappa shape index (κ1) is 57.8. The molecule has 370 valence electrons. The molecule has 2 rings (SSSR count). The Hall–Kier alpha value is -2.31. The summed E-state index contributed by atoms with van der Waals surface area (Å²) in [7, 11) is 0. The SMILES string of the molecule is CC/C=C\C/C=C\C/C=C\C/C=C\C/C=C\CCCCCC(=O)OC(COCCCCCCCCCCCCC)COC1OC(COC2OC(CO)C(O)C(O)C2O)C(O)C(O)C1O. The fourth-order valence-electron chi connectivity index (χ4n) is 7.31. The molecule has 2 fully saturated rings. The number of ether oxygens (including phenoxy) is 6. The van der Waals surface area contributed by atoms with Crippen molar-refractivity contribution in [3.8, 4) is 0 Å². The molecule has 0 aromatic heterocycles. The van der Waals surface area contributed by atoms with E-state index in [2.05, 4.69) is 74.6 Å². The van der Waals surface area contributed by atoms with Gasteiger partial charge in [-0.3, -0.25) is 4.79 Å². The quantitative estimate of drug-likeness (QED) is 0.0200. The van der Waals surface area contributed by atoms with Crippen molar-refractivity contribution in [3.05, 3.63) is 60.8 Å². The summed E-state index contributed by atoms with van der Waals surface area (Å²) < 4.78 is 34.1. The van der Waals surface area contributed by atoms with Crippen LogP contribution in [0.3, 0.4) is 0 Å². The minimum atomic E-state index is -1.71. The predicted molar refractivity (Wildman–Crippen MR) is 247 cm³/mol. The lowest BCUT2D eigenvalue weighted by Gasteiger charge is -2.42. The second-order valence-electron chi connectivity index (χ2n) is 16.9. The summed E-state index contributed by atoms with van der Waals surface area (Å²) in [6.45, 7) is 3.50. The number of aliphatic hydroxyl groups is 7. The molecule has 0 bridgehead atoms. The van der Waals surface area contributed by atoms with Crippen molar-refractivity contribution >= 4 is 5.97 Å². The second kappa shape index (κ2) is 37.7. The van der Waals surface area contributed by atoms with Gasteiger partial charge < -0.3 is 64.2 Å². The van der Waals surface area contributed by atoms with Crippen LogP contribution in [0.2, 0.25) is 0 Å². The Labute approximate surface area is 384 Å². The van der Waals surface area contributed by atoms with Gasteiger partial charge in [0.05, 0.1) is 26.4 Å². The highest BCUT2D eigenvalue weighted by Crippen LogP contribution is 2.26. The van der Waals surface area contributed by atoms with Gasteiger partial charge in [-0.05, 0) is 57.8 Å². The van der Waals surface area contributed by atoms with Crippen LogP contribution in [0.25, 0.3) is 0 Å². The molecule has 14 nitrogen and oxygen atoms in total. The number of aliphatic hydroxyl groups excluding tert-OH is 7. The summed E-state index contributed by atoms with van der Waals surface area (Å²) in [4.78, 5) is 13.0. The van der Waals surface area contributed by atoms with Crippen LogP contribution >= 0.6 is 0 Å². The van der Waals surface area contributed by atoms with E-state index in [1.807, 2.05) is 0 Å². The topological polar surface area (TPSA) is 214 Å². The molecule has 7 N–H and O–H groups in total. The van der Waals surface area contributed by atoms with E-state index < -0.39 is 86.7 Å². The lowest BCUT2D eigenvalue weighted by atomic mass is 9.98. The number of carbonyl (C=O) groups is 1. The van der Waals surface area contributed by atoms with Gasteiger partial charge in [-0.1, -0.05) is 145 Å². The number of hydrogen-bond acceptors (Lipinski definition) is 14. The van der Waals surface area contributed by atoms with Gasteiger partial charge in [0.15, 0.2) is 12.6 Å². The summed E-state index contributed by atoms with van der Waals surface area (Å²) >= 11 is 0.